The van der Waals surface area contributed by atoms with Gasteiger partial charge in [-0.25, -0.2) is 4.79 Å². The van der Waals surface area contributed by atoms with Crippen LogP contribution in [0.1, 0.15) is 68.8 Å². The highest BCUT2D eigenvalue weighted by Gasteiger charge is 2.62. The highest BCUT2D eigenvalue weighted by Crippen LogP contribution is 2.64. The molecular weight excluding hydrogens is 741 g/mol. The minimum atomic E-state index is -1.34. The number of nitrogens with zero attached hydrogens (tertiary/aromatic N) is 3. The van der Waals surface area contributed by atoms with E-state index in [-0.39, 0.29) is 42.7 Å². The van der Waals surface area contributed by atoms with Crippen molar-refractivity contribution in [2.45, 2.75) is 74.6 Å². The monoisotopic (exact) mass is 784 g/mol. The van der Waals surface area contributed by atoms with E-state index in [4.69, 9.17) is 33.2 Å². The van der Waals surface area contributed by atoms with E-state index < -0.39 is 40.9 Å². The molecule has 14 nitrogen and oxygen atoms in total. The van der Waals surface area contributed by atoms with E-state index in [0.717, 1.165) is 27.8 Å². The van der Waals surface area contributed by atoms with Crippen LogP contribution in [0.4, 0.5) is 0 Å². The molecule has 0 radical (unpaired) electrons. The maximum atomic E-state index is 14.8. The molecule has 1 unspecified atom stereocenters. The molecule has 56 heavy (non-hydrogen) atoms. The van der Waals surface area contributed by atoms with Crippen LogP contribution in [0.2, 0.25) is 0 Å². The lowest BCUT2D eigenvalue weighted by molar-refractivity contribution is -0.157. The lowest BCUT2D eigenvalue weighted by Crippen LogP contribution is -2.69. The number of aromatic hydroxyl groups is 1. The molecule has 7 aliphatic rings. The van der Waals surface area contributed by atoms with Gasteiger partial charge in [-0.05, 0) is 68.1 Å². The number of phenolic OH excluding ortho intramolecular Hbond substituents is 1. The number of hydrogen-bond donors (Lipinski definition) is 2. The van der Waals surface area contributed by atoms with Crippen LogP contribution in [0.15, 0.2) is 18.2 Å². The summed E-state index contributed by atoms with van der Waals surface area (Å²) in [5.41, 5.74) is 5.13. The van der Waals surface area contributed by atoms with Crippen LogP contribution < -0.4 is 33.7 Å². The summed E-state index contributed by atoms with van der Waals surface area (Å²) < 4.78 is 42.7. The molecule has 0 aliphatic carbocycles. The van der Waals surface area contributed by atoms with E-state index in [9.17, 15) is 20.0 Å². The van der Waals surface area contributed by atoms with Gasteiger partial charge in [0.05, 0.1) is 44.7 Å². The Kier molecular flexibility index (Phi) is 8.77. The number of phenols is 1. The maximum Gasteiger partial charge on any atom is 0.331 e. The van der Waals surface area contributed by atoms with Gasteiger partial charge >= 0.3 is 11.9 Å². The first-order valence-corrected chi connectivity index (χ1v) is 19.8. The molecule has 0 saturated carbocycles. The van der Waals surface area contributed by atoms with Gasteiger partial charge in [0, 0.05) is 53.6 Å². The summed E-state index contributed by atoms with van der Waals surface area (Å²) in [6.07, 6.45) is 1.15. The fourth-order valence-corrected chi connectivity index (χ4v) is 12.1. The number of thioether (sulfide) groups is 1. The van der Waals surface area contributed by atoms with Gasteiger partial charge < -0.3 is 38.3 Å². The molecule has 1 spiro atoms. The maximum absolute atomic E-state index is 14.8. The zero-order chi connectivity index (χ0) is 39.4. The Balaban J connectivity index is 1.34. The lowest BCUT2D eigenvalue weighted by atomic mass is 9.71. The van der Waals surface area contributed by atoms with Crippen molar-refractivity contribution in [1.29, 1.82) is 5.26 Å². The topological polar surface area (TPSA) is 161 Å². The summed E-state index contributed by atoms with van der Waals surface area (Å²) in [4.78, 5) is 32.3. The Morgan fingerprint density at radius 1 is 1.02 bits per heavy atom. The second-order valence-electron chi connectivity index (χ2n) is 15.3. The van der Waals surface area contributed by atoms with E-state index in [1.54, 1.807) is 26.4 Å². The van der Waals surface area contributed by atoms with Gasteiger partial charge in [-0.2, -0.15) is 5.26 Å². The molecule has 3 aromatic rings. The summed E-state index contributed by atoms with van der Waals surface area (Å²) in [7, 11) is 6.82. The summed E-state index contributed by atoms with van der Waals surface area (Å²) in [6, 6.07) is 5.81. The number of ether oxygens (including phenoxy) is 7. The summed E-state index contributed by atoms with van der Waals surface area (Å²) in [5.74, 6) is 2.01. The predicted molar refractivity (Wildman–Crippen MR) is 203 cm³/mol. The first-order valence-electron chi connectivity index (χ1n) is 18.7. The summed E-state index contributed by atoms with van der Waals surface area (Å²) in [6.45, 7) is 5.49. The number of aryl methyl sites for hydroxylation is 1. The standard InChI is InChI=1S/C41H44N4O10S/c1-18-10-22-11-24-25(14-42)45-26-15-52-40(48)41(23-13-28(49-5)27(47)12-21(23)8-9-43-41)16-56-39(33(45)32(44(24)4)29(22)37(51-7)34(18)50-6)31-30(26)38-36(53-17-54-38)19(2)35(31)55-20(3)46/h10,12-13,24-26,32-33,39,43,47H,8-9,11,15-17H2,1-7H3/t24-,25+,26+,32+,33?,39-,41-/m1/s1. The van der Waals surface area contributed by atoms with Gasteiger partial charge in [-0.15, -0.1) is 11.8 Å². The Bertz CT molecular complexity index is 2240. The van der Waals surface area contributed by atoms with Crippen molar-refractivity contribution < 1.29 is 47.9 Å². The Morgan fingerprint density at radius 3 is 2.50 bits per heavy atom. The largest absolute Gasteiger partial charge is 0.504 e. The molecule has 10 rings (SSSR count). The van der Waals surface area contributed by atoms with E-state index >= 15 is 0 Å². The highest BCUT2D eigenvalue weighted by atomic mass is 32.2. The molecule has 0 amide bonds. The predicted octanol–water partition coefficient (Wildman–Crippen LogP) is 4.29. The zero-order valence-electron chi connectivity index (χ0n) is 32.3. The lowest BCUT2D eigenvalue weighted by Gasteiger charge is -2.62. The number of esters is 2. The van der Waals surface area contributed by atoms with Crippen LogP contribution in [0.25, 0.3) is 0 Å². The smallest absolute Gasteiger partial charge is 0.331 e. The van der Waals surface area contributed by atoms with Crippen LogP contribution in [0.5, 0.6) is 40.2 Å². The number of likely N-dealkylation sites (N-methyl/N-ethyl adjacent to an activating group) is 1. The fraction of sp³-hybridized carbons (Fsp3) is 0.488. The van der Waals surface area contributed by atoms with Crippen LogP contribution in [-0.4, -0.2) is 99.0 Å². The van der Waals surface area contributed by atoms with Crippen molar-refractivity contribution in [3.8, 4) is 46.3 Å². The molecule has 4 bridgehead atoms. The molecule has 294 valence electrons. The van der Waals surface area contributed by atoms with Crippen LogP contribution >= 0.6 is 11.8 Å². The molecule has 15 heteroatoms. The van der Waals surface area contributed by atoms with Crippen molar-refractivity contribution >= 4 is 23.7 Å². The van der Waals surface area contributed by atoms with Crippen LogP contribution in [0, 0.1) is 25.2 Å². The van der Waals surface area contributed by atoms with Gasteiger partial charge in [0.1, 0.15) is 18.4 Å². The van der Waals surface area contributed by atoms with Crippen molar-refractivity contribution in [1.82, 2.24) is 15.1 Å². The fourth-order valence-electron chi connectivity index (χ4n) is 10.4. The summed E-state index contributed by atoms with van der Waals surface area (Å²) in [5, 5.41) is 25.0. The second kappa shape index (κ2) is 13.4. The molecule has 2 saturated heterocycles. The molecule has 2 N–H and O–H groups in total. The quantitative estimate of drug-likeness (QED) is 0.285. The number of fused-ring (bicyclic) bond motifs is 9. The number of benzene rings is 3. The molecule has 7 heterocycles. The first-order chi connectivity index (χ1) is 27.0. The van der Waals surface area contributed by atoms with Crippen LogP contribution in [-0.2, 0) is 32.7 Å². The Morgan fingerprint density at radius 2 is 1.79 bits per heavy atom. The van der Waals surface area contributed by atoms with Crippen molar-refractivity contribution in [3.63, 3.8) is 0 Å². The van der Waals surface area contributed by atoms with E-state index in [2.05, 4.69) is 34.3 Å². The van der Waals surface area contributed by atoms with Gasteiger partial charge in [0.15, 0.2) is 40.0 Å². The number of hydrogen-bond acceptors (Lipinski definition) is 15. The third-order valence-corrected chi connectivity index (χ3v) is 14.1. The van der Waals surface area contributed by atoms with Crippen molar-refractivity contribution in [3.05, 3.63) is 62.7 Å². The number of nitrogens with one attached hydrogen (secondary N) is 1. The van der Waals surface area contributed by atoms with E-state index in [1.807, 2.05) is 13.8 Å². The highest BCUT2D eigenvalue weighted by molar-refractivity contribution is 7.99. The zero-order valence-corrected chi connectivity index (χ0v) is 33.1. The van der Waals surface area contributed by atoms with Crippen molar-refractivity contribution in [2.24, 2.45) is 0 Å². The van der Waals surface area contributed by atoms with E-state index in [0.29, 0.717) is 64.8 Å². The number of carbonyl (C=O) groups is 2. The van der Waals surface area contributed by atoms with Crippen molar-refractivity contribution in [2.75, 3.05) is 54.1 Å². The third kappa shape index (κ3) is 4.98. The normalized spacial score (nSPS) is 28.6. The molecule has 7 atom stereocenters. The SMILES string of the molecule is COc1cc2c(cc1O)CCN[C@]21CS[C@@H]2c3c(OC(C)=O)c(C)c4c(c3[C@H](COC1=O)N1C2[C@@H]2c3c(cc(C)c(OC)c3OC)C[C@H]([C@@H]1C#N)N2C)OCO4. The minimum absolute atomic E-state index is 0.0108. The number of rotatable bonds is 4. The van der Waals surface area contributed by atoms with E-state index in [1.165, 1.54) is 25.8 Å². The number of piperazine rings is 1. The van der Waals surface area contributed by atoms with Crippen LogP contribution in [0.3, 0.4) is 0 Å². The molecule has 3 aromatic carbocycles. The molecule has 2 fully saturated rings. The van der Waals surface area contributed by atoms with Gasteiger partial charge in [-0.3, -0.25) is 19.9 Å². The minimum Gasteiger partial charge on any atom is -0.504 e. The third-order valence-electron chi connectivity index (χ3n) is 12.6. The molecular formula is C41H44N4O10S. The summed E-state index contributed by atoms with van der Waals surface area (Å²) >= 11 is 1.53. The average Bonchev–Trinajstić information content (AvgIpc) is 3.67. The number of carbonyl (C=O) groups excluding carboxylic acids is 2. The average molecular weight is 785 g/mol. The first kappa shape index (κ1) is 36.7. The van der Waals surface area contributed by atoms with Gasteiger partial charge in [0.2, 0.25) is 6.79 Å². The number of nitriles is 1. The number of methoxy groups -OCH3 is 3. The second-order valence-corrected chi connectivity index (χ2v) is 16.4. The molecule has 0 aromatic heterocycles. The Labute approximate surface area is 328 Å². The van der Waals surface area contributed by atoms with Gasteiger partial charge in [0.25, 0.3) is 0 Å². The Hall–Kier alpha value is -4.88. The van der Waals surface area contributed by atoms with Gasteiger partial charge in [-0.1, -0.05) is 6.07 Å². The molecule has 7 aliphatic heterocycles.